The fourth-order valence-corrected chi connectivity index (χ4v) is 3.53. The molecule has 1 aromatic heterocycles. The number of amides is 1. The van der Waals surface area contributed by atoms with Gasteiger partial charge in [-0.3, -0.25) is 4.79 Å². The molecule has 1 unspecified atom stereocenters. The summed E-state index contributed by atoms with van der Waals surface area (Å²) in [4.78, 5) is 17.3. The molecule has 1 atom stereocenters. The lowest BCUT2D eigenvalue weighted by Gasteiger charge is -2.24. The summed E-state index contributed by atoms with van der Waals surface area (Å²) in [5.74, 6) is 0.464. The molecule has 3 rings (SSSR count). The first-order chi connectivity index (χ1) is 16.7. The Morgan fingerprint density at radius 2 is 1.80 bits per heavy atom. The minimum Gasteiger partial charge on any atom is -0.494 e. The number of halogens is 2. The van der Waals surface area contributed by atoms with Gasteiger partial charge in [0.15, 0.2) is 11.5 Å². The molecular formula is C26H28ClFN2O5. The molecule has 3 aromatic rings. The quantitative estimate of drug-likeness (QED) is 0.406. The number of methoxy groups -OCH3 is 2. The van der Waals surface area contributed by atoms with E-state index in [1.54, 1.807) is 30.3 Å². The zero-order chi connectivity index (χ0) is 25.6. The molecule has 0 spiro atoms. The Hall–Kier alpha value is -3.36. The van der Waals surface area contributed by atoms with E-state index in [4.69, 9.17) is 25.8 Å². The maximum absolute atomic E-state index is 13.6. The van der Waals surface area contributed by atoms with Crippen molar-refractivity contribution in [1.29, 1.82) is 0 Å². The lowest BCUT2D eigenvalue weighted by atomic mass is 9.99. The van der Waals surface area contributed by atoms with Crippen molar-refractivity contribution in [3.05, 3.63) is 70.6 Å². The van der Waals surface area contributed by atoms with Crippen LogP contribution in [0.1, 0.15) is 36.3 Å². The Balaban J connectivity index is 1.80. The van der Waals surface area contributed by atoms with Gasteiger partial charge in [-0.25, -0.2) is 9.37 Å². The lowest BCUT2D eigenvalue weighted by molar-refractivity contribution is 0.0489. The van der Waals surface area contributed by atoms with Crippen LogP contribution in [0.2, 0.25) is 5.02 Å². The number of carbonyl (C=O) groups is 1. The third-order valence-electron chi connectivity index (χ3n) is 5.30. The molecule has 1 amide bonds. The number of aromatic nitrogens is 1. The first-order valence-corrected chi connectivity index (χ1v) is 11.4. The van der Waals surface area contributed by atoms with Crippen LogP contribution in [-0.2, 0) is 5.60 Å². The summed E-state index contributed by atoms with van der Waals surface area (Å²) in [6.45, 7) is 3.94. The normalized spacial score (nSPS) is 12.5. The number of pyridine rings is 1. The molecule has 0 saturated heterocycles. The van der Waals surface area contributed by atoms with E-state index in [1.807, 2.05) is 6.92 Å². The van der Waals surface area contributed by atoms with Crippen molar-refractivity contribution in [3.8, 4) is 28.5 Å². The summed E-state index contributed by atoms with van der Waals surface area (Å²) in [5, 5.41) is 13.8. The second kappa shape index (κ2) is 11.4. The number of nitrogens with one attached hydrogen (secondary N) is 1. The maximum atomic E-state index is 13.6. The zero-order valence-corrected chi connectivity index (χ0v) is 20.8. The molecule has 35 heavy (non-hydrogen) atoms. The summed E-state index contributed by atoms with van der Waals surface area (Å²) >= 11 is 5.93. The SMILES string of the molecule is CCCOc1ccc(C(=O)NCC(C)(O)c2ccc(OC)c(-c3ccc(F)c(Cl)c3)n2)cc1OC. The standard InChI is InChI=1S/C26H28ClFN2O5/c1-5-12-35-20-9-7-17(14-22(20)34-4)25(31)29-15-26(2,32)23-11-10-21(33-3)24(30-23)16-6-8-19(28)18(27)13-16/h6-11,13-14,32H,5,12,15H2,1-4H3,(H,29,31). The highest BCUT2D eigenvalue weighted by Crippen LogP contribution is 2.33. The fourth-order valence-electron chi connectivity index (χ4n) is 3.35. The van der Waals surface area contributed by atoms with E-state index in [2.05, 4.69) is 10.3 Å². The second-order valence-corrected chi connectivity index (χ2v) is 8.45. The van der Waals surface area contributed by atoms with E-state index >= 15 is 0 Å². The molecule has 0 bridgehead atoms. The highest BCUT2D eigenvalue weighted by molar-refractivity contribution is 6.31. The molecule has 2 aromatic carbocycles. The van der Waals surface area contributed by atoms with Gasteiger partial charge in [0.2, 0.25) is 0 Å². The largest absolute Gasteiger partial charge is 0.494 e. The summed E-state index contributed by atoms with van der Waals surface area (Å²) in [6, 6.07) is 12.3. The van der Waals surface area contributed by atoms with Gasteiger partial charge in [-0.15, -0.1) is 0 Å². The molecule has 0 radical (unpaired) electrons. The third kappa shape index (κ3) is 6.21. The number of carbonyl (C=O) groups excluding carboxylic acids is 1. The minimum atomic E-state index is -1.52. The molecule has 0 aliphatic carbocycles. The van der Waals surface area contributed by atoms with Crippen LogP contribution < -0.4 is 19.5 Å². The highest BCUT2D eigenvalue weighted by Gasteiger charge is 2.27. The number of aliphatic hydroxyl groups is 1. The summed E-state index contributed by atoms with van der Waals surface area (Å²) in [5.41, 5.74) is 0.0217. The van der Waals surface area contributed by atoms with Gasteiger partial charge in [0.25, 0.3) is 5.91 Å². The molecule has 9 heteroatoms. The maximum Gasteiger partial charge on any atom is 0.251 e. The fraction of sp³-hybridized carbons (Fsp3) is 0.308. The molecule has 7 nitrogen and oxygen atoms in total. The smallest absolute Gasteiger partial charge is 0.251 e. The van der Waals surface area contributed by atoms with Gasteiger partial charge in [0.1, 0.15) is 22.9 Å². The van der Waals surface area contributed by atoms with Gasteiger partial charge in [-0.05, 0) is 61.9 Å². The summed E-state index contributed by atoms with van der Waals surface area (Å²) in [6.07, 6.45) is 0.843. The van der Waals surface area contributed by atoms with Crippen LogP contribution in [0.4, 0.5) is 4.39 Å². The molecule has 0 aliphatic rings. The van der Waals surface area contributed by atoms with Gasteiger partial charge >= 0.3 is 0 Å². The van der Waals surface area contributed by atoms with Crippen LogP contribution in [0.15, 0.2) is 48.5 Å². The number of nitrogens with zero attached hydrogens (tertiary/aromatic N) is 1. The molecule has 0 aliphatic heterocycles. The van der Waals surface area contributed by atoms with Crippen molar-refractivity contribution in [2.24, 2.45) is 0 Å². The van der Waals surface area contributed by atoms with Crippen molar-refractivity contribution >= 4 is 17.5 Å². The Kier molecular flexibility index (Phi) is 8.53. The molecule has 186 valence electrons. The van der Waals surface area contributed by atoms with Gasteiger partial charge in [0, 0.05) is 11.1 Å². The average molecular weight is 503 g/mol. The second-order valence-electron chi connectivity index (χ2n) is 8.05. The van der Waals surface area contributed by atoms with E-state index in [9.17, 15) is 14.3 Å². The van der Waals surface area contributed by atoms with E-state index in [-0.39, 0.29) is 17.3 Å². The molecule has 0 fully saturated rings. The minimum absolute atomic E-state index is 0.0580. The van der Waals surface area contributed by atoms with Crippen molar-refractivity contribution in [2.45, 2.75) is 25.9 Å². The third-order valence-corrected chi connectivity index (χ3v) is 5.59. The van der Waals surface area contributed by atoms with Crippen LogP contribution in [0, 0.1) is 5.82 Å². The van der Waals surface area contributed by atoms with Gasteiger partial charge in [-0.2, -0.15) is 0 Å². The highest BCUT2D eigenvalue weighted by atomic mass is 35.5. The van der Waals surface area contributed by atoms with Crippen LogP contribution in [0.5, 0.6) is 17.2 Å². The van der Waals surface area contributed by atoms with E-state index in [1.165, 1.54) is 39.3 Å². The number of rotatable bonds is 10. The topological polar surface area (TPSA) is 89.9 Å². The first kappa shape index (κ1) is 26.2. The van der Waals surface area contributed by atoms with E-state index in [0.717, 1.165) is 6.42 Å². The molecule has 0 saturated carbocycles. The summed E-state index contributed by atoms with van der Waals surface area (Å²) < 4.78 is 30.0. The Labute approximate surface area is 208 Å². The van der Waals surface area contributed by atoms with Crippen LogP contribution >= 0.6 is 11.6 Å². The van der Waals surface area contributed by atoms with Crippen LogP contribution in [-0.4, -0.2) is 43.4 Å². The Bertz CT molecular complexity index is 1200. The van der Waals surface area contributed by atoms with Gasteiger partial charge < -0.3 is 24.6 Å². The van der Waals surface area contributed by atoms with Crippen molar-refractivity contribution in [2.75, 3.05) is 27.4 Å². The first-order valence-electron chi connectivity index (χ1n) is 11.0. The van der Waals surface area contributed by atoms with E-state index in [0.29, 0.717) is 40.7 Å². The van der Waals surface area contributed by atoms with Crippen LogP contribution in [0.25, 0.3) is 11.3 Å². The predicted molar refractivity (Wildman–Crippen MR) is 132 cm³/mol. The van der Waals surface area contributed by atoms with Crippen molar-refractivity contribution in [3.63, 3.8) is 0 Å². The van der Waals surface area contributed by atoms with Gasteiger partial charge in [-0.1, -0.05) is 18.5 Å². The summed E-state index contributed by atoms with van der Waals surface area (Å²) in [7, 11) is 2.98. The number of benzene rings is 2. The Morgan fingerprint density at radius 3 is 2.46 bits per heavy atom. The number of ether oxygens (including phenoxy) is 3. The zero-order valence-electron chi connectivity index (χ0n) is 20.0. The molecular weight excluding hydrogens is 475 g/mol. The Morgan fingerprint density at radius 1 is 1.09 bits per heavy atom. The molecule has 1 heterocycles. The number of hydrogen-bond acceptors (Lipinski definition) is 6. The van der Waals surface area contributed by atoms with Gasteiger partial charge in [0.05, 0.1) is 38.1 Å². The van der Waals surface area contributed by atoms with Crippen molar-refractivity contribution < 1.29 is 28.5 Å². The predicted octanol–water partition coefficient (Wildman–Crippen LogP) is 4.98. The number of hydrogen-bond donors (Lipinski definition) is 2. The average Bonchev–Trinajstić information content (AvgIpc) is 2.87. The van der Waals surface area contributed by atoms with Crippen molar-refractivity contribution in [1.82, 2.24) is 10.3 Å². The van der Waals surface area contributed by atoms with E-state index < -0.39 is 17.3 Å². The lowest BCUT2D eigenvalue weighted by Crippen LogP contribution is -2.39. The molecule has 2 N–H and O–H groups in total. The van der Waals surface area contributed by atoms with Crippen LogP contribution in [0.3, 0.4) is 0 Å². The monoisotopic (exact) mass is 502 g/mol.